The highest BCUT2D eigenvalue weighted by Gasteiger charge is 2.32. The molecule has 138 valence electrons. The maximum Gasteiger partial charge on any atom is 0.258 e. The van der Waals surface area contributed by atoms with E-state index < -0.39 is 5.60 Å². The number of nitrogens with one attached hydrogen (secondary N) is 1. The Morgan fingerprint density at radius 2 is 2.15 bits per heavy atom. The van der Waals surface area contributed by atoms with Crippen molar-refractivity contribution in [2.24, 2.45) is 0 Å². The van der Waals surface area contributed by atoms with Crippen molar-refractivity contribution in [3.63, 3.8) is 0 Å². The average molecular weight is 357 g/mol. The number of Topliss-reactive ketones (excluding diaryl/α,β-unsaturated/α-hetero) is 1. The summed E-state index contributed by atoms with van der Waals surface area (Å²) in [6, 6.07) is 8.64. The van der Waals surface area contributed by atoms with E-state index in [1.54, 1.807) is 24.5 Å². The summed E-state index contributed by atoms with van der Waals surface area (Å²) in [7, 11) is 0. The first-order valence-corrected chi connectivity index (χ1v) is 8.63. The van der Waals surface area contributed by atoms with Crippen LogP contribution in [0.25, 0.3) is 0 Å². The molecule has 2 aromatic rings. The second kappa shape index (κ2) is 7.23. The third-order valence-corrected chi connectivity index (χ3v) is 4.09. The molecule has 1 N–H and O–H groups in total. The van der Waals surface area contributed by atoms with Crippen molar-refractivity contribution in [3.05, 3.63) is 47.9 Å². The number of benzene rings is 1. The van der Waals surface area contributed by atoms with Crippen LogP contribution in [0.3, 0.4) is 0 Å². The molecule has 0 bridgehead atoms. The van der Waals surface area contributed by atoms with E-state index in [1.165, 1.54) is 0 Å². The Morgan fingerprint density at radius 1 is 1.35 bits per heavy atom. The summed E-state index contributed by atoms with van der Waals surface area (Å²) in [5.74, 6) is 1.63. The fraction of sp³-hybridized carbons (Fsp3) is 0.400. The first-order chi connectivity index (χ1) is 12.3. The molecule has 1 aromatic heterocycles. The molecule has 1 aliphatic heterocycles. The fourth-order valence-corrected chi connectivity index (χ4v) is 2.97. The van der Waals surface area contributed by atoms with E-state index in [-0.39, 0.29) is 24.3 Å². The van der Waals surface area contributed by atoms with Crippen molar-refractivity contribution in [1.82, 2.24) is 5.32 Å². The molecular weight excluding hydrogens is 334 g/mol. The van der Waals surface area contributed by atoms with Gasteiger partial charge in [0.15, 0.2) is 12.4 Å². The lowest BCUT2D eigenvalue weighted by atomic mass is 9.93. The molecule has 2 heterocycles. The topological polar surface area (TPSA) is 77.8 Å². The monoisotopic (exact) mass is 357 g/mol. The average Bonchev–Trinajstić information content (AvgIpc) is 3.04. The predicted molar refractivity (Wildman–Crippen MR) is 95.6 cm³/mol. The number of rotatable bonds is 6. The Hall–Kier alpha value is -2.76. The standard InChI is InChI=1S/C20H23NO5/c1-13(9-14-5-4-8-24-14)21-19(23)12-25-15-6-7-16-17(22)11-20(2,3)26-18(16)10-15/h4-8,10,13H,9,11-12H2,1-3H3,(H,21,23)/t13-/m1/s1. The van der Waals surface area contributed by atoms with Gasteiger partial charge in [-0.05, 0) is 45.0 Å². The molecular formula is C20H23NO5. The van der Waals surface area contributed by atoms with Crippen molar-refractivity contribution in [1.29, 1.82) is 0 Å². The highest BCUT2D eigenvalue weighted by molar-refractivity contribution is 6.00. The molecule has 0 saturated carbocycles. The van der Waals surface area contributed by atoms with E-state index >= 15 is 0 Å². The predicted octanol–water partition coefficient (Wildman–Crippen LogP) is 3.15. The number of amides is 1. The van der Waals surface area contributed by atoms with Gasteiger partial charge in [0.2, 0.25) is 0 Å². The Bertz CT molecular complexity index is 795. The summed E-state index contributed by atoms with van der Waals surface area (Å²) in [4.78, 5) is 24.2. The molecule has 0 unspecified atom stereocenters. The normalized spacial score (nSPS) is 16.3. The quantitative estimate of drug-likeness (QED) is 0.859. The number of fused-ring (bicyclic) bond motifs is 1. The largest absolute Gasteiger partial charge is 0.486 e. The Labute approximate surface area is 152 Å². The molecule has 0 spiro atoms. The van der Waals surface area contributed by atoms with Gasteiger partial charge < -0.3 is 19.2 Å². The third-order valence-electron chi connectivity index (χ3n) is 4.09. The van der Waals surface area contributed by atoms with E-state index in [0.717, 1.165) is 5.76 Å². The zero-order valence-electron chi connectivity index (χ0n) is 15.2. The van der Waals surface area contributed by atoms with Crippen molar-refractivity contribution in [2.45, 2.75) is 45.3 Å². The second-order valence-electron chi connectivity index (χ2n) is 7.16. The molecule has 1 aromatic carbocycles. The number of hydrogen-bond acceptors (Lipinski definition) is 5. The van der Waals surface area contributed by atoms with Gasteiger partial charge in [0.1, 0.15) is 22.9 Å². The Morgan fingerprint density at radius 3 is 2.88 bits per heavy atom. The molecule has 0 fully saturated rings. The molecule has 0 saturated heterocycles. The van der Waals surface area contributed by atoms with Crippen LogP contribution in [-0.2, 0) is 11.2 Å². The lowest BCUT2D eigenvalue weighted by Gasteiger charge is -2.31. The molecule has 1 aliphatic rings. The van der Waals surface area contributed by atoms with Gasteiger partial charge in [0, 0.05) is 18.5 Å². The zero-order chi connectivity index (χ0) is 18.7. The minimum absolute atomic E-state index is 0.0484. The van der Waals surface area contributed by atoms with Crippen LogP contribution in [0.2, 0.25) is 0 Å². The summed E-state index contributed by atoms with van der Waals surface area (Å²) in [5, 5.41) is 2.86. The number of furan rings is 1. The van der Waals surface area contributed by atoms with Gasteiger partial charge in [0.25, 0.3) is 5.91 Å². The van der Waals surface area contributed by atoms with Gasteiger partial charge in [-0.1, -0.05) is 0 Å². The van der Waals surface area contributed by atoms with Gasteiger partial charge in [0.05, 0.1) is 18.2 Å². The lowest BCUT2D eigenvalue weighted by molar-refractivity contribution is -0.123. The Balaban J connectivity index is 1.55. The summed E-state index contributed by atoms with van der Waals surface area (Å²) in [5.41, 5.74) is 0.00894. The molecule has 6 heteroatoms. The van der Waals surface area contributed by atoms with Gasteiger partial charge >= 0.3 is 0 Å². The molecule has 0 aliphatic carbocycles. The number of ether oxygens (including phenoxy) is 2. The van der Waals surface area contributed by atoms with Crippen molar-refractivity contribution in [2.75, 3.05) is 6.61 Å². The van der Waals surface area contributed by atoms with E-state index in [1.807, 2.05) is 32.9 Å². The summed E-state index contributed by atoms with van der Waals surface area (Å²) < 4.78 is 16.7. The smallest absolute Gasteiger partial charge is 0.258 e. The molecule has 0 radical (unpaired) electrons. The SMILES string of the molecule is C[C@H](Cc1ccco1)NC(=O)COc1ccc2c(c1)OC(C)(C)CC2=O. The molecule has 26 heavy (non-hydrogen) atoms. The molecule has 3 rings (SSSR count). The zero-order valence-corrected chi connectivity index (χ0v) is 15.2. The maximum atomic E-state index is 12.1. The first kappa shape index (κ1) is 18.0. The highest BCUT2D eigenvalue weighted by Crippen LogP contribution is 2.35. The third kappa shape index (κ3) is 4.45. The number of ketones is 1. The van der Waals surface area contributed by atoms with E-state index in [0.29, 0.717) is 29.9 Å². The minimum Gasteiger partial charge on any atom is -0.486 e. The van der Waals surface area contributed by atoms with Crippen molar-refractivity contribution >= 4 is 11.7 Å². The summed E-state index contributed by atoms with van der Waals surface area (Å²) >= 11 is 0. The number of carbonyl (C=O) groups is 2. The first-order valence-electron chi connectivity index (χ1n) is 8.63. The van der Waals surface area contributed by atoms with Crippen LogP contribution in [0.4, 0.5) is 0 Å². The number of hydrogen-bond donors (Lipinski definition) is 1. The number of carbonyl (C=O) groups excluding carboxylic acids is 2. The van der Waals surface area contributed by atoms with Crippen LogP contribution < -0.4 is 14.8 Å². The maximum absolute atomic E-state index is 12.1. The van der Waals surface area contributed by atoms with Crippen LogP contribution in [0, 0.1) is 0 Å². The van der Waals surface area contributed by atoms with Crippen LogP contribution in [0.1, 0.15) is 43.3 Å². The summed E-state index contributed by atoms with van der Waals surface area (Å²) in [6.45, 7) is 5.53. The minimum atomic E-state index is -0.540. The van der Waals surface area contributed by atoms with Crippen LogP contribution in [0.15, 0.2) is 41.0 Å². The van der Waals surface area contributed by atoms with Crippen molar-refractivity contribution in [3.8, 4) is 11.5 Å². The Kier molecular flexibility index (Phi) is 5.02. The van der Waals surface area contributed by atoms with Gasteiger partial charge in [-0.25, -0.2) is 0 Å². The lowest BCUT2D eigenvalue weighted by Crippen LogP contribution is -2.37. The fourth-order valence-electron chi connectivity index (χ4n) is 2.97. The van der Waals surface area contributed by atoms with Gasteiger partial charge in [-0.15, -0.1) is 0 Å². The highest BCUT2D eigenvalue weighted by atomic mass is 16.5. The van der Waals surface area contributed by atoms with Crippen LogP contribution >= 0.6 is 0 Å². The van der Waals surface area contributed by atoms with E-state index in [4.69, 9.17) is 13.9 Å². The van der Waals surface area contributed by atoms with Gasteiger partial charge in [-0.2, -0.15) is 0 Å². The molecule has 1 amide bonds. The van der Waals surface area contributed by atoms with Crippen molar-refractivity contribution < 1.29 is 23.5 Å². The van der Waals surface area contributed by atoms with Crippen LogP contribution in [-0.4, -0.2) is 29.9 Å². The molecule has 1 atom stereocenters. The second-order valence-corrected chi connectivity index (χ2v) is 7.16. The van der Waals surface area contributed by atoms with Gasteiger partial charge in [-0.3, -0.25) is 9.59 Å². The van der Waals surface area contributed by atoms with E-state index in [9.17, 15) is 9.59 Å². The summed E-state index contributed by atoms with van der Waals surface area (Å²) in [6.07, 6.45) is 2.57. The van der Waals surface area contributed by atoms with Crippen LogP contribution in [0.5, 0.6) is 11.5 Å². The van der Waals surface area contributed by atoms with E-state index in [2.05, 4.69) is 5.32 Å². The molecule has 6 nitrogen and oxygen atoms in total.